The van der Waals surface area contributed by atoms with Gasteiger partial charge in [-0.2, -0.15) is 0 Å². The van der Waals surface area contributed by atoms with Gasteiger partial charge in [0.25, 0.3) is 17.6 Å². The molecule has 0 bridgehead atoms. The summed E-state index contributed by atoms with van der Waals surface area (Å²) < 4.78 is 0. The van der Waals surface area contributed by atoms with Crippen molar-refractivity contribution in [3.8, 4) is 0 Å². The Bertz CT molecular complexity index is 764. The first-order valence-corrected chi connectivity index (χ1v) is 8.27. The van der Waals surface area contributed by atoms with E-state index in [4.69, 9.17) is 10.8 Å². The van der Waals surface area contributed by atoms with E-state index in [1.54, 1.807) is 0 Å². The van der Waals surface area contributed by atoms with Crippen molar-refractivity contribution in [2.45, 2.75) is 11.4 Å². The van der Waals surface area contributed by atoms with Crippen LogP contribution in [0.2, 0.25) is 0 Å². The summed E-state index contributed by atoms with van der Waals surface area (Å²) in [6, 6.07) is -0.935. The monoisotopic (exact) mass is 390 g/mol. The molecular formula is C12H11ClN4O5S2. The second kappa shape index (κ2) is 6.79. The minimum absolute atomic E-state index is 0. The van der Waals surface area contributed by atoms with Gasteiger partial charge in [-0.15, -0.1) is 35.5 Å². The fourth-order valence-electron chi connectivity index (χ4n) is 2.25. The number of hydrogen-bond acceptors (Lipinski definition) is 8. The molecular weight excluding hydrogens is 380 g/mol. The molecule has 4 N–H and O–H groups in total. The molecule has 9 nitrogen and oxygen atoms in total. The number of carboxylic acid groups (broad SMARTS) is 1. The van der Waals surface area contributed by atoms with Crippen molar-refractivity contribution in [1.82, 2.24) is 15.2 Å². The van der Waals surface area contributed by atoms with Crippen LogP contribution in [0.15, 0.2) is 17.2 Å². The number of amides is 2. The van der Waals surface area contributed by atoms with Crippen LogP contribution in [0, 0.1) is 0 Å². The number of carbonyl (C=O) groups is 4. The molecule has 1 aromatic heterocycles. The number of halogens is 1. The molecule has 0 spiro atoms. The molecule has 12 heteroatoms. The molecule has 0 radical (unpaired) electrons. The van der Waals surface area contributed by atoms with Crippen molar-refractivity contribution in [2.24, 2.45) is 0 Å². The Labute approximate surface area is 149 Å². The predicted octanol–water partition coefficient (Wildman–Crippen LogP) is -0.302. The highest BCUT2D eigenvalue weighted by Gasteiger charge is 2.53. The maximum atomic E-state index is 12.1. The molecule has 3 rings (SSSR count). The number of carbonyl (C=O) groups excluding carboxylic acids is 3. The standard InChI is InChI=1S/C12H10N4O5S2.ClH/c13-12-14-4(3-23-12)7(17)8(18)15-6-9(19)16-5(11(20)21)1-2-22-10(6)16;/h1,3,6,10H,2H2,(H2,13,14)(H,15,18)(H,20,21);1H. The normalized spacial score (nSPS) is 21.8. The van der Waals surface area contributed by atoms with Crippen molar-refractivity contribution in [3.63, 3.8) is 0 Å². The number of thiazole rings is 1. The Morgan fingerprint density at radius 3 is 2.71 bits per heavy atom. The van der Waals surface area contributed by atoms with Gasteiger partial charge in [-0.1, -0.05) is 0 Å². The molecule has 2 amide bonds. The van der Waals surface area contributed by atoms with Gasteiger partial charge in [0, 0.05) is 11.1 Å². The number of hydrogen-bond donors (Lipinski definition) is 3. The van der Waals surface area contributed by atoms with E-state index in [1.807, 2.05) is 0 Å². The molecule has 2 aliphatic heterocycles. The molecule has 2 unspecified atom stereocenters. The highest BCUT2D eigenvalue weighted by atomic mass is 35.5. The Morgan fingerprint density at radius 1 is 1.42 bits per heavy atom. The van der Waals surface area contributed by atoms with Gasteiger partial charge in [0.2, 0.25) is 0 Å². The highest BCUT2D eigenvalue weighted by molar-refractivity contribution is 8.00. The summed E-state index contributed by atoms with van der Waals surface area (Å²) in [6.07, 6.45) is 1.43. The lowest BCUT2D eigenvalue weighted by Gasteiger charge is -2.48. The Kier molecular flexibility index (Phi) is 5.16. The second-order valence-electron chi connectivity index (χ2n) is 4.68. The van der Waals surface area contributed by atoms with E-state index in [9.17, 15) is 19.2 Å². The number of rotatable bonds is 4. The summed E-state index contributed by atoms with van der Waals surface area (Å²) in [7, 11) is 0. The quantitative estimate of drug-likeness (QED) is 0.361. The largest absolute Gasteiger partial charge is 0.477 e. The van der Waals surface area contributed by atoms with E-state index < -0.39 is 35.0 Å². The number of Topliss-reactive ketones (excluding diaryl/α,β-unsaturated/α-hetero) is 1. The molecule has 2 atom stereocenters. The number of aromatic nitrogens is 1. The zero-order valence-corrected chi connectivity index (χ0v) is 14.2. The highest BCUT2D eigenvalue weighted by Crippen LogP contribution is 2.37. The molecule has 128 valence electrons. The summed E-state index contributed by atoms with van der Waals surface area (Å²) >= 11 is 2.33. The van der Waals surface area contributed by atoms with Crippen molar-refractivity contribution >= 4 is 64.2 Å². The molecule has 24 heavy (non-hydrogen) atoms. The molecule has 0 aromatic carbocycles. The topological polar surface area (TPSA) is 143 Å². The minimum Gasteiger partial charge on any atom is -0.477 e. The maximum Gasteiger partial charge on any atom is 0.352 e. The predicted molar refractivity (Wildman–Crippen MR) is 88.8 cm³/mol. The molecule has 1 aromatic rings. The lowest BCUT2D eigenvalue weighted by molar-refractivity contribution is -0.150. The third kappa shape index (κ3) is 2.97. The number of ketones is 1. The Hall–Kier alpha value is -2.11. The van der Waals surface area contributed by atoms with E-state index in [2.05, 4.69) is 10.3 Å². The number of nitrogens with zero attached hydrogens (tertiary/aromatic N) is 2. The van der Waals surface area contributed by atoms with E-state index >= 15 is 0 Å². The fourth-order valence-corrected chi connectivity index (χ4v) is 3.99. The zero-order valence-electron chi connectivity index (χ0n) is 11.8. The number of fused-ring (bicyclic) bond motifs is 1. The van der Waals surface area contributed by atoms with Gasteiger partial charge in [-0.05, 0) is 6.08 Å². The average molecular weight is 391 g/mol. The van der Waals surface area contributed by atoms with E-state index in [0.717, 1.165) is 16.2 Å². The first kappa shape index (κ1) is 18.2. The lowest BCUT2D eigenvalue weighted by Crippen LogP contribution is -2.70. The molecule has 2 aliphatic rings. The second-order valence-corrected chi connectivity index (χ2v) is 6.72. The third-order valence-corrected chi connectivity index (χ3v) is 5.17. The number of nitrogens with one attached hydrogen (secondary N) is 1. The summed E-state index contributed by atoms with van der Waals surface area (Å²) in [5.74, 6) is -3.23. The summed E-state index contributed by atoms with van der Waals surface area (Å²) in [5, 5.41) is 12.4. The van der Waals surface area contributed by atoms with Crippen LogP contribution in [0.3, 0.4) is 0 Å². The van der Waals surface area contributed by atoms with Crippen molar-refractivity contribution in [2.75, 3.05) is 11.5 Å². The van der Waals surface area contributed by atoms with Crippen LogP contribution in [-0.2, 0) is 14.4 Å². The first-order chi connectivity index (χ1) is 10.9. The van der Waals surface area contributed by atoms with Gasteiger partial charge in [-0.3, -0.25) is 19.3 Å². The van der Waals surface area contributed by atoms with Gasteiger partial charge in [0.15, 0.2) is 5.13 Å². The summed E-state index contributed by atoms with van der Waals surface area (Å²) in [6.45, 7) is 0. The Balaban J connectivity index is 0.00000208. The molecule has 3 heterocycles. The number of anilines is 1. The molecule has 1 fully saturated rings. The SMILES string of the molecule is Cl.Nc1nc(C(=O)C(=O)NC2C(=O)N3C(C(=O)O)=CCSC23)cs1. The van der Waals surface area contributed by atoms with E-state index in [-0.39, 0.29) is 28.9 Å². The summed E-state index contributed by atoms with van der Waals surface area (Å²) in [4.78, 5) is 51.8. The first-order valence-electron chi connectivity index (χ1n) is 6.34. The van der Waals surface area contributed by atoms with Gasteiger partial charge in [0.1, 0.15) is 22.8 Å². The van der Waals surface area contributed by atoms with Gasteiger partial charge >= 0.3 is 5.97 Å². The van der Waals surface area contributed by atoms with Crippen LogP contribution in [0.4, 0.5) is 5.13 Å². The molecule has 0 aliphatic carbocycles. The summed E-state index contributed by atoms with van der Waals surface area (Å²) in [5.41, 5.74) is 5.21. The van der Waals surface area contributed by atoms with Crippen LogP contribution in [0.5, 0.6) is 0 Å². The minimum atomic E-state index is -1.21. The van der Waals surface area contributed by atoms with Crippen LogP contribution in [-0.4, -0.2) is 55.7 Å². The Morgan fingerprint density at radius 2 is 2.12 bits per heavy atom. The average Bonchev–Trinajstić information content (AvgIpc) is 2.96. The van der Waals surface area contributed by atoms with Gasteiger partial charge < -0.3 is 16.2 Å². The van der Waals surface area contributed by atoms with Gasteiger partial charge in [-0.25, -0.2) is 9.78 Å². The van der Waals surface area contributed by atoms with Crippen LogP contribution in [0.1, 0.15) is 10.5 Å². The fraction of sp³-hybridized carbons (Fsp3) is 0.250. The van der Waals surface area contributed by atoms with Crippen molar-refractivity contribution in [1.29, 1.82) is 0 Å². The lowest BCUT2D eigenvalue weighted by atomic mass is 10.0. The number of thioether (sulfide) groups is 1. The maximum absolute atomic E-state index is 12.1. The number of β-lactam (4-membered cyclic amide) rings is 1. The van der Waals surface area contributed by atoms with Crippen LogP contribution in [0.25, 0.3) is 0 Å². The van der Waals surface area contributed by atoms with E-state index in [0.29, 0.717) is 5.75 Å². The van der Waals surface area contributed by atoms with Gasteiger partial charge in [0.05, 0.1) is 0 Å². The zero-order chi connectivity index (χ0) is 16.7. The third-order valence-electron chi connectivity index (χ3n) is 3.31. The molecule has 0 saturated carbocycles. The number of carboxylic acids is 1. The van der Waals surface area contributed by atoms with Crippen molar-refractivity contribution < 1.29 is 24.3 Å². The number of nitrogens with two attached hydrogens (primary N) is 1. The number of nitrogen functional groups attached to an aromatic ring is 1. The van der Waals surface area contributed by atoms with Crippen LogP contribution >= 0.6 is 35.5 Å². The molecule has 1 saturated heterocycles. The van der Waals surface area contributed by atoms with Crippen LogP contribution < -0.4 is 11.1 Å². The van der Waals surface area contributed by atoms with Crippen molar-refractivity contribution in [3.05, 3.63) is 22.8 Å². The smallest absolute Gasteiger partial charge is 0.352 e. The number of aliphatic carboxylic acids is 1. The van der Waals surface area contributed by atoms with E-state index in [1.165, 1.54) is 23.2 Å².